The summed E-state index contributed by atoms with van der Waals surface area (Å²) in [6.45, 7) is 5.26. The summed E-state index contributed by atoms with van der Waals surface area (Å²) >= 11 is 6.02. The first kappa shape index (κ1) is 17.6. The molecule has 1 spiro atoms. The second kappa shape index (κ2) is 7.81. The van der Waals surface area contributed by atoms with E-state index in [9.17, 15) is 4.79 Å². The van der Waals surface area contributed by atoms with E-state index in [1.54, 1.807) is 13.3 Å². The quantitative estimate of drug-likeness (QED) is 0.818. The van der Waals surface area contributed by atoms with Crippen LogP contribution < -0.4 is 0 Å². The number of hydrogen-bond acceptors (Lipinski definition) is 4. The molecule has 2 aliphatic rings. The molecule has 0 aromatic carbocycles. The molecule has 1 aromatic rings. The van der Waals surface area contributed by atoms with Gasteiger partial charge in [-0.2, -0.15) is 0 Å². The summed E-state index contributed by atoms with van der Waals surface area (Å²) in [5.41, 5.74) is 1.46. The van der Waals surface area contributed by atoms with E-state index in [1.807, 2.05) is 17.2 Å². The van der Waals surface area contributed by atoms with Crippen molar-refractivity contribution in [2.24, 2.45) is 5.41 Å². The van der Waals surface area contributed by atoms with Crippen molar-refractivity contribution >= 4 is 17.5 Å². The molecular weight excluding hydrogens is 326 g/mol. The molecule has 0 aliphatic carbocycles. The van der Waals surface area contributed by atoms with E-state index in [-0.39, 0.29) is 5.91 Å². The standard InChI is InChI=1S/C18H26ClN3O2/c1-24-9-8-22-14-18(3-2-17(22)23)4-6-21(7-5-18)13-15-10-16(19)12-20-11-15/h10-12H,2-9,13-14H2,1H3. The zero-order chi connectivity index (χ0) is 17.0. The lowest BCUT2D eigenvalue weighted by atomic mass is 9.72. The highest BCUT2D eigenvalue weighted by Crippen LogP contribution is 2.40. The van der Waals surface area contributed by atoms with Crippen molar-refractivity contribution in [2.45, 2.75) is 32.2 Å². The zero-order valence-corrected chi connectivity index (χ0v) is 15.1. The van der Waals surface area contributed by atoms with E-state index in [4.69, 9.17) is 16.3 Å². The molecule has 132 valence electrons. The smallest absolute Gasteiger partial charge is 0.222 e. The van der Waals surface area contributed by atoms with Crippen LogP contribution in [-0.2, 0) is 16.1 Å². The Kier molecular flexibility index (Phi) is 5.74. The molecule has 2 aliphatic heterocycles. The van der Waals surface area contributed by atoms with Crippen LogP contribution in [0.2, 0.25) is 5.02 Å². The third-order valence-corrected chi connectivity index (χ3v) is 5.60. The minimum absolute atomic E-state index is 0.283. The summed E-state index contributed by atoms with van der Waals surface area (Å²) < 4.78 is 5.14. The maximum Gasteiger partial charge on any atom is 0.222 e. The molecule has 1 amide bonds. The molecule has 2 fully saturated rings. The van der Waals surface area contributed by atoms with E-state index < -0.39 is 0 Å². The first-order valence-electron chi connectivity index (χ1n) is 8.69. The van der Waals surface area contributed by atoms with E-state index in [0.717, 1.165) is 52.0 Å². The number of carbonyl (C=O) groups is 1. The van der Waals surface area contributed by atoms with Crippen molar-refractivity contribution < 1.29 is 9.53 Å². The predicted molar refractivity (Wildman–Crippen MR) is 93.9 cm³/mol. The summed E-state index contributed by atoms with van der Waals surface area (Å²) in [5, 5.41) is 0.695. The Morgan fingerprint density at radius 1 is 1.29 bits per heavy atom. The molecule has 24 heavy (non-hydrogen) atoms. The molecule has 0 saturated carbocycles. The Hall–Kier alpha value is -1.17. The molecule has 2 saturated heterocycles. The van der Waals surface area contributed by atoms with E-state index in [0.29, 0.717) is 23.5 Å². The fourth-order valence-corrected chi connectivity index (χ4v) is 4.10. The first-order valence-corrected chi connectivity index (χ1v) is 9.07. The number of ether oxygens (including phenoxy) is 1. The minimum atomic E-state index is 0.283. The monoisotopic (exact) mass is 351 g/mol. The number of hydrogen-bond donors (Lipinski definition) is 0. The number of carbonyl (C=O) groups excluding carboxylic acids is 1. The average molecular weight is 352 g/mol. The minimum Gasteiger partial charge on any atom is -0.383 e. The molecule has 0 N–H and O–H groups in total. The number of pyridine rings is 1. The van der Waals surface area contributed by atoms with E-state index >= 15 is 0 Å². The van der Waals surface area contributed by atoms with Gasteiger partial charge in [-0.05, 0) is 49.4 Å². The second-order valence-corrected chi connectivity index (χ2v) is 7.53. The second-order valence-electron chi connectivity index (χ2n) is 7.10. The predicted octanol–water partition coefficient (Wildman–Crippen LogP) is 2.59. The lowest BCUT2D eigenvalue weighted by molar-refractivity contribution is -0.139. The summed E-state index contributed by atoms with van der Waals surface area (Å²) in [6, 6.07) is 1.99. The van der Waals surface area contributed by atoms with Gasteiger partial charge in [0.15, 0.2) is 0 Å². The Bertz CT molecular complexity index is 573. The number of aromatic nitrogens is 1. The Morgan fingerprint density at radius 2 is 2.08 bits per heavy atom. The van der Waals surface area contributed by atoms with Crippen molar-refractivity contribution in [1.29, 1.82) is 0 Å². The van der Waals surface area contributed by atoms with Gasteiger partial charge in [0.05, 0.1) is 11.6 Å². The summed E-state index contributed by atoms with van der Waals surface area (Å²) in [4.78, 5) is 20.7. The first-order chi connectivity index (χ1) is 11.6. The van der Waals surface area contributed by atoms with E-state index in [1.165, 1.54) is 5.56 Å². The van der Waals surface area contributed by atoms with E-state index in [2.05, 4.69) is 9.88 Å². The number of amides is 1. The van der Waals surface area contributed by atoms with Gasteiger partial charge in [0, 0.05) is 45.6 Å². The Balaban J connectivity index is 1.54. The lowest BCUT2D eigenvalue weighted by Gasteiger charge is -2.47. The van der Waals surface area contributed by atoms with Crippen LogP contribution in [0.15, 0.2) is 18.5 Å². The van der Waals surface area contributed by atoms with Crippen LogP contribution in [0.4, 0.5) is 0 Å². The van der Waals surface area contributed by atoms with Crippen molar-refractivity contribution in [2.75, 3.05) is 39.9 Å². The van der Waals surface area contributed by atoms with Gasteiger partial charge in [-0.25, -0.2) is 0 Å². The van der Waals surface area contributed by atoms with Crippen LogP contribution >= 0.6 is 11.6 Å². The van der Waals surface area contributed by atoms with Crippen LogP contribution in [-0.4, -0.2) is 60.6 Å². The van der Waals surface area contributed by atoms with Gasteiger partial charge < -0.3 is 9.64 Å². The van der Waals surface area contributed by atoms with Gasteiger partial charge in [-0.1, -0.05) is 11.6 Å². The molecule has 3 rings (SSSR count). The largest absolute Gasteiger partial charge is 0.383 e. The van der Waals surface area contributed by atoms with Crippen LogP contribution in [0, 0.1) is 5.41 Å². The summed E-state index contributed by atoms with van der Waals surface area (Å²) in [6.07, 6.45) is 7.57. The van der Waals surface area contributed by atoms with Gasteiger partial charge in [-0.15, -0.1) is 0 Å². The average Bonchev–Trinajstić information content (AvgIpc) is 2.58. The molecule has 6 heteroatoms. The van der Waals surface area contributed by atoms with Crippen LogP contribution in [0.3, 0.4) is 0 Å². The van der Waals surface area contributed by atoms with Crippen LogP contribution in [0.1, 0.15) is 31.2 Å². The molecule has 1 aromatic heterocycles. The number of halogens is 1. The summed E-state index contributed by atoms with van der Waals surface area (Å²) in [5.74, 6) is 0.283. The number of methoxy groups -OCH3 is 1. The van der Waals surface area contributed by atoms with Gasteiger partial charge >= 0.3 is 0 Å². The molecule has 5 nitrogen and oxygen atoms in total. The van der Waals surface area contributed by atoms with Gasteiger partial charge in [0.25, 0.3) is 0 Å². The third kappa shape index (κ3) is 4.26. The lowest BCUT2D eigenvalue weighted by Crippen LogP contribution is -2.52. The fraction of sp³-hybridized carbons (Fsp3) is 0.667. The molecule has 0 unspecified atom stereocenters. The Labute approximate surface area is 148 Å². The maximum absolute atomic E-state index is 12.1. The van der Waals surface area contributed by atoms with Crippen molar-refractivity contribution in [3.05, 3.63) is 29.0 Å². The van der Waals surface area contributed by atoms with Crippen molar-refractivity contribution in [3.63, 3.8) is 0 Å². The number of nitrogens with zero attached hydrogens (tertiary/aromatic N) is 3. The third-order valence-electron chi connectivity index (χ3n) is 5.40. The molecule has 0 atom stereocenters. The number of rotatable bonds is 5. The topological polar surface area (TPSA) is 45.7 Å². The number of piperidine rings is 2. The summed E-state index contributed by atoms with van der Waals surface area (Å²) in [7, 11) is 1.69. The van der Waals surface area contributed by atoms with Crippen molar-refractivity contribution in [3.8, 4) is 0 Å². The highest BCUT2D eigenvalue weighted by Gasteiger charge is 2.40. The highest BCUT2D eigenvalue weighted by molar-refractivity contribution is 6.30. The molecule has 3 heterocycles. The molecular formula is C18H26ClN3O2. The zero-order valence-electron chi connectivity index (χ0n) is 14.3. The molecule has 0 radical (unpaired) electrons. The number of likely N-dealkylation sites (tertiary alicyclic amines) is 2. The highest BCUT2D eigenvalue weighted by atomic mass is 35.5. The Morgan fingerprint density at radius 3 is 2.79 bits per heavy atom. The van der Waals surface area contributed by atoms with Gasteiger partial charge in [-0.3, -0.25) is 14.7 Å². The molecule has 0 bridgehead atoms. The van der Waals surface area contributed by atoms with Crippen molar-refractivity contribution in [1.82, 2.24) is 14.8 Å². The van der Waals surface area contributed by atoms with Crippen LogP contribution in [0.5, 0.6) is 0 Å². The van der Waals surface area contributed by atoms with Gasteiger partial charge in [0.2, 0.25) is 5.91 Å². The fourth-order valence-electron chi connectivity index (χ4n) is 3.90. The SMILES string of the molecule is COCCN1CC2(CCC1=O)CCN(Cc1cncc(Cl)c1)CC2. The van der Waals surface area contributed by atoms with Gasteiger partial charge in [0.1, 0.15) is 0 Å². The maximum atomic E-state index is 12.1. The normalized spacial score (nSPS) is 21.4. The van der Waals surface area contributed by atoms with Crippen LogP contribution in [0.25, 0.3) is 0 Å².